The predicted octanol–water partition coefficient (Wildman–Crippen LogP) is 17.1. The van der Waals surface area contributed by atoms with Crippen LogP contribution in [-0.4, -0.2) is 0 Å². The highest BCUT2D eigenvalue weighted by Gasteiger charge is 2.53. The highest BCUT2D eigenvalue weighted by atomic mass is 32.1. The highest BCUT2D eigenvalue weighted by molar-refractivity contribution is 7.21. The molecule has 12 aromatic rings. The van der Waals surface area contributed by atoms with Gasteiger partial charge in [0.25, 0.3) is 0 Å². The lowest BCUT2D eigenvalue weighted by molar-refractivity contribution is 0.667. The minimum atomic E-state index is -0.531. The van der Waals surface area contributed by atoms with Crippen LogP contribution in [-0.2, 0) is 23.7 Å². The molecule has 4 aliphatic carbocycles. The van der Waals surface area contributed by atoms with Gasteiger partial charge >= 0.3 is 0 Å². The summed E-state index contributed by atoms with van der Waals surface area (Å²) >= 11 is 3.76. The topological polar surface area (TPSA) is 16.4 Å². The average molecular weight is 902 g/mol. The first-order valence-corrected chi connectivity index (χ1v) is 25.4. The standard InChI is InChI=1S/C64H39NOS2/c1-4-13-40(14-5-1)63(41-15-6-2-7-16-41)49-21-11-10-19-44(49)45-29-27-43(37-54(45)63)65(42-17-8-3-9-18-42)55-22-12-20-46-47-30-32-51-58(60(47)66-59(46)55)48-28-25-38-23-24-39-26-31-50(57(48)56(38)39)64(51)52-33-35-67-61(52)62-53(64)34-36-68-62/h1-22,25-37H,23-24H2. The second-order valence-corrected chi connectivity index (χ2v) is 20.8. The molecule has 3 aromatic heterocycles. The molecule has 2 nitrogen and oxygen atoms in total. The number of anilines is 3. The average Bonchev–Trinajstić information content (AvgIpc) is 4.27. The summed E-state index contributed by atoms with van der Waals surface area (Å²) in [5, 5.41) is 9.71. The van der Waals surface area contributed by atoms with Gasteiger partial charge in [-0.1, -0.05) is 158 Å². The number of nitrogens with zero attached hydrogens (tertiary/aromatic N) is 1. The number of thiophene rings is 2. The molecule has 318 valence electrons. The van der Waals surface area contributed by atoms with Crippen LogP contribution in [0.15, 0.2) is 215 Å². The summed E-state index contributed by atoms with van der Waals surface area (Å²) < 4.78 is 7.66. The number of fused-ring (bicyclic) bond motifs is 16. The largest absolute Gasteiger partial charge is 0.453 e. The summed E-state index contributed by atoms with van der Waals surface area (Å²) in [7, 11) is 0. The van der Waals surface area contributed by atoms with Crippen molar-refractivity contribution in [3.63, 3.8) is 0 Å². The molecule has 0 amide bonds. The normalized spacial score (nSPS) is 14.9. The fraction of sp³-hybridized carbons (Fsp3) is 0.0625. The third-order valence-electron chi connectivity index (χ3n) is 16.0. The van der Waals surface area contributed by atoms with Crippen LogP contribution in [0.2, 0.25) is 0 Å². The van der Waals surface area contributed by atoms with Gasteiger partial charge in [-0.3, -0.25) is 0 Å². The first-order chi connectivity index (χ1) is 33.7. The molecule has 0 aliphatic heterocycles. The number of hydrogen-bond donors (Lipinski definition) is 0. The first kappa shape index (κ1) is 37.3. The van der Waals surface area contributed by atoms with Gasteiger partial charge in [-0.25, -0.2) is 0 Å². The van der Waals surface area contributed by atoms with Crippen molar-refractivity contribution >= 4 is 72.4 Å². The van der Waals surface area contributed by atoms with Crippen LogP contribution in [0.1, 0.15) is 55.6 Å². The maximum atomic E-state index is 7.66. The summed E-state index contributed by atoms with van der Waals surface area (Å²) in [5.41, 5.74) is 22.6. The molecule has 0 saturated heterocycles. The lowest BCUT2D eigenvalue weighted by Gasteiger charge is -2.39. The van der Waals surface area contributed by atoms with Crippen molar-refractivity contribution < 1.29 is 4.42 Å². The molecular weight excluding hydrogens is 863 g/mol. The van der Waals surface area contributed by atoms with Crippen molar-refractivity contribution in [3.05, 3.63) is 267 Å². The Hall–Kier alpha value is -7.76. The van der Waals surface area contributed by atoms with Crippen molar-refractivity contribution in [1.82, 2.24) is 0 Å². The minimum Gasteiger partial charge on any atom is -0.453 e. The molecular formula is C64H39NOS2. The summed E-state index contributed by atoms with van der Waals surface area (Å²) in [5.74, 6) is 0. The van der Waals surface area contributed by atoms with Crippen molar-refractivity contribution in [3.8, 4) is 32.0 Å². The van der Waals surface area contributed by atoms with E-state index in [1.54, 1.807) is 0 Å². The molecule has 0 unspecified atom stereocenters. The molecule has 4 heteroatoms. The maximum absolute atomic E-state index is 7.66. The van der Waals surface area contributed by atoms with E-state index in [-0.39, 0.29) is 0 Å². The number of furan rings is 1. The van der Waals surface area contributed by atoms with Crippen molar-refractivity contribution in [2.75, 3.05) is 4.90 Å². The van der Waals surface area contributed by atoms with E-state index < -0.39 is 10.8 Å². The zero-order valence-electron chi connectivity index (χ0n) is 36.8. The SMILES string of the molecule is c1ccc(N(c2ccc3c(c2)C(c2ccccc2)(c2ccccc2)c2ccccc2-3)c2cccc3c2oc2c4c(ccc23)C2(c3ccsc3-c3sccc32)c2ccc3c5c(ccc-4c25)CC3)cc1. The number of benzene rings is 9. The van der Waals surface area contributed by atoms with Gasteiger partial charge in [0.2, 0.25) is 0 Å². The van der Waals surface area contributed by atoms with Crippen molar-refractivity contribution in [1.29, 1.82) is 0 Å². The van der Waals surface area contributed by atoms with Crippen LogP contribution in [0.4, 0.5) is 17.1 Å². The zero-order chi connectivity index (χ0) is 44.3. The van der Waals surface area contributed by atoms with E-state index in [4.69, 9.17) is 4.42 Å². The number of hydrogen-bond acceptors (Lipinski definition) is 4. The Morgan fingerprint density at radius 3 is 1.75 bits per heavy atom. The predicted molar refractivity (Wildman–Crippen MR) is 283 cm³/mol. The van der Waals surface area contributed by atoms with Crippen LogP contribution in [0.3, 0.4) is 0 Å². The molecule has 4 aliphatic rings. The Morgan fingerprint density at radius 1 is 0.397 bits per heavy atom. The Morgan fingerprint density at radius 2 is 1.01 bits per heavy atom. The highest BCUT2D eigenvalue weighted by Crippen LogP contribution is 2.66. The van der Waals surface area contributed by atoms with Crippen LogP contribution in [0.25, 0.3) is 64.7 Å². The molecule has 0 N–H and O–H groups in total. The van der Waals surface area contributed by atoms with Gasteiger partial charge < -0.3 is 9.32 Å². The van der Waals surface area contributed by atoms with Gasteiger partial charge in [-0.2, -0.15) is 0 Å². The Labute approximate surface area is 401 Å². The van der Waals surface area contributed by atoms with Gasteiger partial charge in [0.1, 0.15) is 5.58 Å². The molecule has 9 aromatic carbocycles. The summed E-state index contributed by atoms with van der Waals surface area (Å²) in [6.45, 7) is 0. The van der Waals surface area contributed by atoms with E-state index in [0.29, 0.717) is 0 Å². The second kappa shape index (κ2) is 13.4. The molecule has 0 fully saturated rings. The fourth-order valence-electron chi connectivity index (χ4n) is 13.5. The van der Waals surface area contributed by atoms with Gasteiger partial charge in [0, 0.05) is 37.5 Å². The monoisotopic (exact) mass is 901 g/mol. The van der Waals surface area contributed by atoms with E-state index >= 15 is 0 Å². The van der Waals surface area contributed by atoms with Crippen molar-refractivity contribution in [2.24, 2.45) is 0 Å². The van der Waals surface area contributed by atoms with Gasteiger partial charge in [0.15, 0.2) is 5.58 Å². The second-order valence-electron chi connectivity index (χ2n) is 18.9. The van der Waals surface area contributed by atoms with E-state index in [0.717, 1.165) is 51.8 Å². The number of rotatable bonds is 5. The first-order valence-electron chi connectivity index (χ1n) is 23.7. The van der Waals surface area contributed by atoms with Crippen LogP contribution >= 0.6 is 22.7 Å². The smallest absolute Gasteiger partial charge is 0.159 e. The molecule has 0 atom stereocenters. The van der Waals surface area contributed by atoms with Gasteiger partial charge in [-0.15, -0.1) is 22.7 Å². The Bertz CT molecular complexity index is 4010. The van der Waals surface area contributed by atoms with E-state index in [1.165, 1.54) is 98.4 Å². The lowest BCUT2D eigenvalue weighted by atomic mass is 9.61. The van der Waals surface area contributed by atoms with Crippen LogP contribution < -0.4 is 4.90 Å². The minimum absolute atomic E-state index is 0.440. The molecule has 0 radical (unpaired) electrons. The fourth-order valence-corrected chi connectivity index (χ4v) is 15.6. The molecule has 16 rings (SSSR count). The summed E-state index contributed by atoms with van der Waals surface area (Å²) in [4.78, 5) is 5.23. The van der Waals surface area contributed by atoms with Gasteiger partial charge in [0.05, 0.1) is 16.5 Å². The van der Waals surface area contributed by atoms with E-state index in [1.807, 2.05) is 22.7 Å². The molecule has 68 heavy (non-hydrogen) atoms. The van der Waals surface area contributed by atoms with Crippen molar-refractivity contribution in [2.45, 2.75) is 23.7 Å². The van der Waals surface area contributed by atoms with Gasteiger partial charge in [-0.05, 0) is 149 Å². The molecule has 1 spiro atoms. The number of aryl methyl sites for hydroxylation is 2. The lowest BCUT2D eigenvalue weighted by Crippen LogP contribution is -2.31. The molecule has 3 heterocycles. The van der Waals surface area contributed by atoms with E-state index in [9.17, 15) is 0 Å². The Kier molecular flexibility index (Phi) is 7.38. The summed E-state index contributed by atoms with van der Waals surface area (Å²) in [6, 6.07) is 75.2. The van der Waals surface area contributed by atoms with E-state index in [2.05, 4.69) is 216 Å². The molecule has 0 saturated carbocycles. The number of para-hydroxylation sites is 2. The Balaban J connectivity index is 0.981. The maximum Gasteiger partial charge on any atom is 0.159 e. The quantitative estimate of drug-likeness (QED) is 0.171. The zero-order valence-corrected chi connectivity index (χ0v) is 38.4. The third kappa shape index (κ3) is 4.49. The summed E-state index contributed by atoms with van der Waals surface area (Å²) in [6.07, 6.45) is 2.17. The van der Waals surface area contributed by atoms with Crippen LogP contribution in [0.5, 0.6) is 0 Å². The van der Waals surface area contributed by atoms with Crippen LogP contribution in [0, 0.1) is 0 Å². The molecule has 0 bridgehead atoms. The third-order valence-corrected chi connectivity index (χ3v) is 18.0.